The van der Waals surface area contributed by atoms with Crippen molar-refractivity contribution in [3.8, 4) is 0 Å². The Morgan fingerprint density at radius 3 is 2.61 bits per heavy atom. The first-order valence-corrected chi connectivity index (χ1v) is 12.5. The van der Waals surface area contributed by atoms with Crippen LogP contribution in [-0.2, 0) is 6.54 Å². The maximum Gasteiger partial charge on any atom is 0.255 e. The van der Waals surface area contributed by atoms with Gasteiger partial charge in [0.2, 0.25) is 0 Å². The van der Waals surface area contributed by atoms with Crippen LogP contribution in [0.2, 0.25) is 0 Å². The predicted molar refractivity (Wildman–Crippen MR) is 133 cm³/mol. The van der Waals surface area contributed by atoms with Crippen LogP contribution in [0, 0.1) is 11.6 Å². The molecule has 0 radical (unpaired) electrons. The molecule has 3 aromatic rings. The highest BCUT2D eigenvalue weighted by molar-refractivity contribution is 7.15. The molecular formula is C24H25F2N7O2S. The fourth-order valence-corrected chi connectivity index (χ4v) is 4.49. The zero-order chi connectivity index (χ0) is 25.1. The lowest BCUT2D eigenvalue weighted by Gasteiger charge is -2.27. The Hall–Kier alpha value is -3.64. The molecule has 1 saturated carbocycles. The molecule has 2 amide bonds. The van der Waals surface area contributed by atoms with Gasteiger partial charge in [0.1, 0.15) is 17.5 Å². The normalized spacial score (nSPS) is 15.4. The molecule has 2 aromatic heterocycles. The van der Waals surface area contributed by atoms with E-state index in [0.29, 0.717) is 35.7 Å². The number of hydrogen-bond donors (Lipinski definition) is 4. The highest BCUT2D eigenvalue weighted by Crippen LogP contribution is 2.26. The number of carbonyl (C=O) groups excluding carboxylic acids is 2. The summed E-state index contributed by atoms with van der Waals surface area (Å²) in [5.41, 5.74) is 0.368. The predicted octanol–water partition coefficient (Wildman–Crippen LogP) is 3.11. The van der Waals surface area contributed by atoms with E-state index in [0.717, 1.165) is 30.8 Å². The van der Waals surface area contributed by atoms with E-state index in [1.54, 1.807) is 23.2 Å². The summed E-state index contributed by atoms with van der Waals surface area (Å²) in [6, 6.07) is 5.42. The second kappa shape index (κ2) is 10.5. The number of rotatable bonds is 8. The fourth-order valence-electron chi connectivity index (χ4n) is 3.73. The minimum Gasteiger partial charge on any atom is -0.378 e. The Morgan fingerprint density at radius 1 is 1.08 bits per heavy atom. The second-order valence-corrected chi connectivity index (χ2v) is 9.76. The monoisotopic (exact) mass is 513 g/mol. The third kappa shape index (κ3) is 5.77. The average Bonchev–Trinajstić information content (AvgIpc) is 3.59. The van der Waals surface area contributed by atoms with Crippen LogP contribution in [-0.4, -0.2) is 58.9 Å². The Kier molecular flexibility index (Phi) is 7.05. The average molecular weight is 514 g/mol. The zero-order valence-electron chi connectivity index (χ0n) is 19.3. The highest BCUT2D eigenvalue weighted by Gasteiger charge is 2.26. The third-order valence-electron chi connectivity index (χ3n) is 5.87. The maximum atomic E-state index is 14.3. The number of benzene rings is 1. The molecule has 1 aliphatic heterocycles. The number of anilines is 3. The number of carbonyl (C=O) groups is 2. The molecule has 1 saturated heterocycles. The number of hydrogen-bond acceptors (Lipinski definition) is 8. The number of piperazine rings is 1. The molecule has 36 heavy (non-hydrogen) atoms. The van der Waals surface area contributed by atoms with Crippen molar-refractivity contribution in [2.75, 3.05) is 36.8 Å². The quantitative estimate of drug-likeness (QED) is 0.366. The van der Waals surface area contributed by atoms with Gasteiger partial charge in [-0.2, -0.15) is 0 Å². The van der Waals surface area contributed by atoms with Gasteiger partial charge in [0.25, 0.3) is 11.8 Å². The summed E-state index contributed by atoms with van der Waals surface area (Å²) >= 11 is 1.33. The lowest BCUT2D eigenvalue weighted by atomic mass is 10.1. The largest absolute Gasteiger partial charge is 0.378 e. The summed E-state index contributed by atoms with van der Waals surface area (Å²) in [4.78, 5) is 36.0. The summed E-state index contributed by atoms with van der Waals surface area (Å²) in [6.45, 7) is 3.14. The van der Waals surface area contributed by atoms with E-state index in [-0.39, 0.29) is 29.7 Å². The molecule has 9 nitrogen and oxygen atoms in total. The first-order chi connectivity index (χ1) is 17.5. The Morgan fingerprint density at radius 2 is 1.89 bits per heavy atom. The molecule has 2 aliphatic rings. The van der Waals surface area contributed by atoms with Crippen molar-refractivity contribution in [2.45, 2.75) is 25.4 Å². The molecule has 188 valence electrons. The number of thiazole rings is 1. The van der Waals surface area contributed by atoms with Gasteiger partial charge in [0, 0.05) is 55.6 Å². The lowest BCUT2D eigenvalue weighted by molar-refractivity contribution is 0.0735. The van der Waals surface area contributed by atoms with Gasteiger partial charge < -0.3 is 26.2 Å². The minimum atomic E-state index is -0.895. The van der Waals surface area contributed by atoms with Crippen LogP contribution in [0.25, 0.3) is 0 Å². The van der Waals surface area contributed by atoms with Crippen molar-refractivity contribution in [3.05, 3.63) is 64.3 Å². The number of nitrogens with zero attached hydrogens (tertiary/aromatic N) is 3. The molecular weight excluding hydrogens is 488 g/mol. The maximum absolute atomic E-state index is 14.3. The van der Waals surface area contributed by atoms with Crippen molar-refractivity contribution in [3.63, 3.8) is 0 Å². The summed E-state index contributed by atoms with van der Waals surface area (Å²) in [5, 5.41) is 12.5. The van der Waals surface area contributed by atoms with Crippen LogP contribution >= 0.6 is 11.3 Å². The van der Waals surface area contributed by atoms with Crippen molar-refractivity contribution in [1.29, 1.82) is 0 Å². The van der Waals surface area contributed by atoms with E-state index in [4.69, 9.17) is 0 Å². The topological polar surface area (TPSA) is 111 Å². The molecule has 0 atom stereocenters. The molecule has 1 aliphatic carbocycles. The van der Waals surface area contributed by atoms with Crippen LogP contribution in [0.1, 0.15) is 38.4 Å². The molecule has 5 rings (SSSR count). The molecule has 0 bridgehead atoms. The molecule has 4 N–H and O–H groups in total. The van der Waals surface area contributed by atoms with Crippen LogP contribution in [0.5, 0.6) is 0 Å². The van der Waals surface area contributed by atoms with Gasteiger partial charge in [-0.3, -0.25) is 9.59 Å². The molecule has 12 heteroatoms. The molecule has 3 heterocycles. The van der Waals surface area contributed by atoms with Gasteiger partial charge in [0.15, 0.2) is 5.13 Å². The second-order valence-electron chi connectivity index (χ2n) is 8.64. The van der Waals surface area contributed by atoms with Crippen LogP contribution in [0.3, 0.4) is 0 Å². The summed E-state index contributed by atoms with van der Waals surface area (Å²) in [6.07, 6.45) is 4.91. The van der Waals surface area contributed by atoms with E-state index < -0.39 is 17.5 Å². The Balaban J connectivity index is 1.18. The summed E-state index contributed by atoms with van der Waals surface area (Å²) < 4.78 is 28.4. The first-order valence-electron chi connectivity index (χ1n) is 11.7. The standard InChI is InChI=1S/C24H25F2N7O2S/c25-18-10-19(26)20(9-17(18)22(34)31-15-2-3-15)28-12-16-13-30-24(36-16)32-21-4-1-14(11-29-21)23(35)33-7-5-27-6-8-33/h1,4,9-11,13,15,27-28H,2-3,5-8,12H2,(H,31,34)(H,29,30,32). The van der Waals surface area contributed by atoms with Crippen molar-refractivity contribution >= 4 is 39.8 Å². The van der Waals surface area contributed by atoms with E-state index in [9.17, 15) is 18.4 Å². The van der Waals surface area contributed by atoms with Crippen LogP contribution < -0.4 is 21.3 Å². The van der Waals surface area contributed by atoms with Gasteiger partial charge in [-0.1, -0.05) is 11.3 Å². The Labute approximate surface area is 210 Å². The number of nitrogens with one attached hydrogen (secondary N) is 4. The molecule has 2 fully saturated rings. The Bertz CT molecular complexity index is 1260. The van der Waals surface area contributed by atoms with Crippen molar-refractivity contribution in [1.82, 2.24) is 25.5 Å². The van der Waals surface area contributed by atoms with Gasteiger partial charge in [-0.25, -0.2) is 18.7 Å². The fraction of sp³-hybridized carbons (Fsp3) is 0.333. The molecule has 0 spiro atoms. The van der Waals surface area contributed by atoms with Crippen molar-refractivity contribution in [2.24, 2.45) is 0 Å². The third-order valence-corrected chi connectivity index (χ3v) is 6.78. The lowest BCUT2D eigenvalue weighted by Crippen LogP contribution is -2.46. The van der Waals surface area contributed by atoms with Crippen LogP contribution in [0.15, 0.2) is 36.7 Å². The number of amides is 2. The van der Waals surface area contributed by atoms with E-state index >= 15 is 0 Å². The summed E-state index contributed by atoms with van der Waals surface area (Å²) in [5.74, 6) is -1.72. The van der Waals surface area contributed by atoms with E-state index in [1.165, 1.54) is 23.6 Å². The SMILES string of the molecule is O=C(NC1CC1)c1cc(NCc2cnc(Nc3ccc(C(=O)N4CCNCC4)cn3)s2)c(F)cc1F. The molecule has 1 aromatic carbocycles. The van der Waals surface area contributed by atoms with Crippen LogP contribution in [0.4, 0.5) is 25.4 Å². The van der Waals surface area contributed by atoms with E-state index in [2.05, 4.69) is 31.2 Å². The minimum absolute atomic E-state index is 0.0339. The number of halogens is 2. The number of aromatic nitrogens is 2. The van der Waals surface area contributed by atoms with Crippen molar-refractivity contribution < 1.29 is 18.4 Å². The van der Waals surface area contributed by atoms with Gasteiger partial charge in [-0.15, -0.1) is 0 Å². The first kappa shape index (κ1) is 24.1. The van der Waals surface area contributed by atoms with Gasteiger partial charge >= 0.3 is 0 Å². The molecule has 0 unspecified atom stereocenters. The highest BCUT2D eigenvalue weighted by atomic mass is 32.1. The zero-order valence-corrected chi connectivity index (χ0v) is 20.1. The summed E-state index contributed by atoms with van der Waals surface area (Å²) in [7, 11) is 0. The smallest absolute Gasteiger partial charge is 0.255 e. The van der Waals surface area contributed by atoms with E-state index in [1.807, 2.05) is 0 Å². The van der Waals surface area contributed by atoms with Gasteiger partial charge in [0.05, 0.1) is 23.4 Å². The van der Waals surface area contributed by atoms with Gasteiger partial charge in [-0.05, 0) is 31.0 Å². The number of pyridine rings is 1.